The lowest BCUT2D eigenvalue weighted by molar-refractivity contribution is 0.102. The van der Waals surface area contributed by atoms with Gasteiger partial charge in [-0.15, -0.1) is 0 Å². The Morgan fingerprint density at radius 1 is 1.15 bits per heavy atom. The normalized spacial score (nSPS) is 10.3. The minimum Gasteiger partial charge on any atom is -0.495 e. The van der Waals surface area contributed by atoms with E-state index in [1.807, 2.05) is 19.1 Å². The molecule has 2 N–H and O–H groups in total. The molecule has 0 aliphatic carbocycles. The van der Waals surface area contributed by atoms with E-state index in [-0.39, 0.29) is 11.7 Å². The summed E-state index contributed by atoms with van der Waals surface area (Å²) in [5.41, 5.74) is 3.15. The lowest BCUT2D eigenvalue weighted by atomic mass is 10.2. The van der Waals surface area contributed by atoms with Gasteiger partial charge in [-0.2, -0.15) is 0 Å². The Labute approximate surface area is 157 Å². The van der Waals surface area contributed by atoms with Crippen molar-refractivity contribution in [3.63, 3.8) is 0 Å². The fraction of sp³-hybridized carbons (Fsp3) is 0.143. The molecule has 1 heterocycles. The number of nitrogens with zero attached hydrogens (tertiary/aromatic N) is 1. The van der Waals surface area contributed by atoms with Crippen molar-refractivity contribution in [1.82, 2.24) is 4.98 Å². The zero-order valence-electron chi connectivity index (χ0n) is 15.1. The molecule has 2 aromatic carbocycles. The molecule has 0 spiro atoms. The Kier molecular flexibility index (Phi) is 5.66. The lowest BCUT2D eigenvalue weighted by Crippen LogP contribution is -2.13. The average Bonchev–Trinajstić information content (AvgIpc) is 2.68. The summed E-state index contributed by atoms with van der Waals surface area (Å²) in [6.45, 7) is 2.23. The van der Waals surface area contributed by atoms with E-state index in [0.717, 1.165) is 5.56 Å². The van der Waals surface area contributed by atoms with Crippen LogP contribution in [0.3, 0.4) is 0 Å². The lowest BCUT2D eigenvalue weighted by Gasteiger charge is -2.12. The van der Waals surface area contributed by atoms with Crippen molar-refractivity contribution in [1.29, 1.82) is 0 Å². The highest BCUT2D eigenvalue weighted by molar-refractivity contribution is 6.05. The van der Waals surface area contributed by atoms with E-state index in [4.69, 9.17) is 4.74 Å². The van der Waals surface area contributed by atoms with Crippen LogP contribution < -0.4 is 15.4 Å². The molecule has 5 nitrogen and oxygen atoms in total. The highest BCUT2D eigenvalue weighted by atomic mass is 19.1. The molecule has 0 saturated carbocycles. The van der Waals surface area contributed by atoms with Crippen LogP contribution in [0.1, 0.15) is 21.5 Å². The standard InChI is InChI=1S/C21H20FN3O2/c1-14-7-8-20(27-2)19(9-14)25-21(26)16-10-17(13-23-11-16)24-12-15-5-3-4-6-18(15)22/h3-11,13,24H,12H2,1-2H3,(H,25,26). The summed E-state index contributed by atoms with van der Waals surface area (Å²) in [7, 11) is 1.55. The molecule has 0 saturated heterocycles. The van der Waals surface area contributed by atoms with Crippen molar-refractivity contribution in [2.24, 2.45) is 0 Å². The molecule has 138 valence electrons. The predicted molar refractivity (Wildman–Crippen MR) is 104 cm³/mol. The van der Waals surface area contributed by atoms with Crippen molar-refractivity contribution in [2.45, 2.75) is 13.5 Å². The van der Waals surface area contributed by atoms with Gasteiger partial charge < -0.3 is 15.4 Å². The van der Waals surface area contributed by atoms with Gasteiger partial charge in [0.05, 0.1) is 24.0 Å². The number of hydrogen-bond donors (Lipinski definition) is 2. The number of rotatable bonds is 6. The number of aromatic nitrogens is 1. The van der Waals surface area contributed by atoms with E-state index in [2.05, 4.69) is 15.6 Å². The number of halogens is 1. The number of benzene rings is 2. The Hall–Kier alpha value is -3.41. The van der Waals surface area contributed by atoms with E-state index in [9.17, 15) is 9.18 Å². The van der Waals surface area contributed by atoms with Gasteiger partial charge in [0, 0.05) is 24.5 Å². The first-order valence-electron chi connectivity index (χ1n) is 8.45. The van der Waals surface area contributed by atoms with Gasteiger partial charge in [0.25, 0.3) is 5.91 Å². The Morgan fingerprint density at radius 3 is 2.74 bits per heavy atom. The maximum Gasteiger partial charge on any atom is 0.257 e. The molecule has 3 rings (SSSR count). The highest BCUT2D eigenvalue weighted by Gasteiger charge is 2.11. The van der Waals surface area contributed by atoms with Crippen LogP contribution >= 0.6 is 0 Å². The first kappa shape index (κ1) is 18.4. The summed E-state index contributed by atoms with van der Waals surface area (Å²) in [5.74, 6) is -0.00455. The number of hydrogen-bond acceptors (Lipinski definition) is 4. The second kappa shape index (κ2) is 8.31. The molecule has 0 aliphatic heterocycles. The van der Waals surface area contributed by atoms with Crippen LogP contribution in [0.4, 0.5) is 15.8 Å². The smallest absolute Gasteiger partial charge is 0.257 e. The fourth-order valence-electron chi connectivity index (χ4n) is 2.61. The first-order chi connectivity index (χ1) is 13.1. The minimum absolute atomic E-state index is 0.279. The number of anilines is 2. The number of amides is 1. The van der Waals surface area contributed by atoms with Crippen LogP contribution in [0.15, 0.2) is 60.9 Å². The molecule has 0 fully saturated rings. The molecular weight excluding hydrogens is 345 g/mol. The van der Waals surface area contributed by atoms with Gasteiger partial charge in [-0.1, -0.05) is 24.3 Å². The van der Waals surface area contributed by atoms with Gasteiger partial charge in [-0.3, -0.25) is 9.78 Å². The summed E-state index contributed by atoms with van der Waals surface area (Å²) < 4.78 is 19.0. The van der Waals surface area contributed by atoms with E-state index >= 15 is 0 Å². The molecule has 0 radical (unpaired) electrons. The Balaban J connectivity index is 1.72. The molecule has 1 aromatic heterocycles. The molecule has 1 amide bonds. The van der Waals surface area contributed by atoms with Crippen molar-refractivity contribution >= 4 is 17.3 Å². The summed E-state index contributed by atoms with van der Waals surface area (Å²) >= 11 is 0. The number of pyridine rings is 1. The van der Waals surface area contributed by atoms with Crippen LogP contribution in [0.25, 0.3) is 0 Å². The quantitative estimate of drug-likeness (QED) is 0.679. The summed E-state index contributed by atoms with van der Waals surface area (Å²) in [6.07, 6.45) is 3.07. The average molecular weight is 365 g/mol. The van der Waals surface area contributed by atoms with Crippen LogP contribution in [0.5, 0.6) is 5.75 Å². The van der Waals surface area contributed by atoms with E-state index < -0.39 is 0 Å². The molecule has 0 atom stereocenters. The molecule has 3 aromatic rings. The maximum atomic E-state index is 13.7. The van der Waals surface area contributed by atoms with E-state index in [1.54, 1.807) is 43.6 Å². The summed E-state index contributed by atoms with van der Waals surface area (Å²) in [5, 5.41) is 5.92. The minimum atomic E-state index is -0.305. The Bertz CT molecular complexity index is 960. The van der Waals surface area contributed by atoms with Crippen molar-refractivity contribution < 1.29 is 13.9 Å². The van der Waals surface area contributed by atoms with E-state index in [1.165, 1.54) is 12.3 Å². The van der Waals surface area contributed by atoms with Crippen molar-refractivity contribution in [2.75, 3.05) is 17.7 Å². The monoisotopic (exact) mass is 365 g/mol. The topological polar surface area (TPSA) is 63.2 Å². The van der Waals surface area contributed by atoms with Gasteiger partial charge in [-0.05, 0) is 36.8 Å². The van der Waals surface area contributed by atoms with Crippen molar-refractivity contribution in [3.8, 4) is 5.75 Å². The zero-order chi connectivity index (χ0) is 19.2. The number of methoxy groups -OCH3 is 1. The molecule has 0 bridgehead atoms. The predicted octanol–water partition coefficient (Wildman–Crippen LogP) is 4.40. The number of ether oxygens (including phenoxy) is 1. The third-order valence-corrected chi connectivity index (χ3v) is 4.04. The van der Waals surface area contributed by atoms with Gasteiger partial charge in [-0.25, -0.2) is 4.39 Å². The van der Waals surface area contributed by atoms with Crippen LogP contribution in [-0.2, 0) is 6.54 Å². The number of aryl methyl sites for hydroxylation is 1. The SMILES string of the molecule is COc1ccc(C)cc1NC(=O)c1cncc(NCc2ccccc2F)c1. The molecule has 27 heavy (non-hydrogen) atoms. The van der Waals surface area contributed by atoms with Crippen LogP contribution in [0.2, 0.25) is 0 Å². The number of nitrogens with one attached hydrogen (secondary N) is 2. The second-order valence-electron chi connectivity index (χ2n) is 6.07. The summed E-state index contributed by atoms with van der Waals surface area (Å²) in [4.78, 5) is 16.7. The highest BCUT2D eigenvalue weighted by Crippen LogP contribution is 2.26. The van der Waals surface area contributed by atoms with Gasteiger partial charge >= 0.3 is 0 Å². The Morgan fingerprint density at radius 2 is 1.96 bits per heavy atom. The summed E-state index contributed by atoms with van der Waals surface area (Å²) in [6, 6.07) is 13.8. The third kappa shape index (κ3) is 4.61. The second-order valence-corrected chi connectivity index (χ2v) is 6.07. The zero-order valence-corrected chi connectivity index (χ0v) is 15.1. The number of carbonyl (C=O) groups excluding carboxylic acids is 1. The molecular formula is C21H20FN3O2. The van der Waals surface area contributed by atoms with Gasteiger partial charge in [0.1, 0.15) is 11.6 Å². The first-order valence-corrected chi connectivity index (χ1v) is 8.45. The molecule has 0 aliphatic rings. The van der Waals surface area contributed by atoms with Gasteiger partial charge in [0.2, 0.25) is 0 Å². The van der Waals surface area contributed by atoms with E-state index in [0.29, 0.717) is 34.8 Å². The fourth-order valence-corrected chi connectivity index (χ4v) is 2.61. The van der Waals surface area contributed by atoms with Gasteiger partial charge in [0.15, 0.2) is 0 Å². The molecule has 0 unspecified atom stereocenters. The number of carbonyl (C=O) groups is 1. The largest absolute Gasteiger partial charge is 0.495 e. The van der Waals surface area contributed by atoms with Crippen molar-refractivity contribution in [3.05, 3.63) is 83.4 Å². The maximum absolute atomic E-state index is 13.7. The molecule has 6 heteroatoms. The third-order valence-electron chi connectivity index (χ3n) is 4.04. The van der Waals surface area contributed by atoms with Crippen LogP contribution in [0, 0.1) is 12.7 Å². The van der Waals surface area contributed by atoms with Crippen LogP contribution in [-0.4, -0.2) is 18.0 Å².